The van der Waals surface area contributed by atoms with Gasteiger partial charge >= 0.3 is 0 Å². The van der Waals surface area contributed by atoms with Crippen molar-refractivity contribution < 1.29 is 9.53 Å². The lowest BCUT2D eigenvalue weighted by atomic mass is 10.3. The van der Waals surface area contributed by atoms with Gasteiger partial charge in [-0.25, -0.2) is 0 Å². The highest BCUT2D eigenvalue weighted by Gasteiger charge is 2.23. The van der Waals surface area contributed by atoms with E-state index in [1.54, 1.807) is 25.1 Å². The maximum absolute atomic E-state index is 11.8. The molecule has 0 bridgehead atoms. The van der Waals surface area contributed by atoms with Gasteiger partial charge in [0.05, 0.1) is 5.02 Å². The fourth-order valence-electron chi connectivity index (χ4n) is 1.53. The quantitative estimate of drug-likeness (QED) is 0.903. The van der Waals surface area contributed by atoms with Crippen LogP contribution in [0.1, 0.15) is 19.8 Å². The van der Waals surface area contributed by atoms with Crippen LogP contribution < -0.4 is 10.1 Å². The average molecular weight is 288 g/mol. The Balaban J connectivity index is 1.90. The van der Waals surface area contributed by atoms with Gasteiger partial charge in [-0.1, -0.05) is 29.3 Å². The second kappa shape index (κ2) is 5.81. The Morgan fingerprint density at radius 3 is 2.89 bits per heavy atom. The number of ether oxygens (including phenoxy) is 1. The molecule has 2 rings (SSSR count). The SMILES string of the molecule is CC(Oc1cccc(Cl)c1Cl)C(=O)NCC1CC1. The summed E-state index contributed by atoms with van der Waals surface area (Å²) in [5.74, 6) is 0.951. The minimum Gasteiger partial charge on any atom is -0.479 e. The molecule has 1 aromatic rings. The molecule has 1 atom stereocenters. The third-order valence-electron chi connectivity index (χ3n) is 2.85. The molecule has 18 heavy (non-hydrogen) atoms. The lowest BCUT2D eigenvalue weighted by Gasteiger charge is -2.15. The Labute approximate surface area is 116 Å². The highest BCUT2D eigenvalue weighted by Crippen LogP contribution is 2.32. The Kier molecular flexibility index (Phi) is 4.36. The molecule has 0 heterocycles. The van der Waals surface area contributed by atoms with Crippen LogP contribution in [-0.4, -0.2) is 18.6 Å². The number of hydrogen-bond acceptors (Lipinski definition) is 2. The van der Waals surface area contributed by atoms with Crippen LogP contribution in [0.2, 0.25) is 10.0 Å². The Morgan fingerprint density at radius 2 is 2.22 bits per heavy atom. The molecule has 1 aliphatic carbocycles. The highest BCUT2D eigenvalue weighted by atomic mass is 35.5. The molecular formula is C13H15Cl2NO2. The highest BCUT2D eigenvalue weighted by molar-refractivity contribution is 6.42. The molecule has 0 aromatic heterocycles. The van der Waals surface area contributed by atoms with Gasteiger partial charge in [0.1, 0.15) is 10.8 Å². The first kappa shape index (κ1) is 13.5. The first-order chi connectivity index (χ1) is 8.58. The molecule has 1 N–H and O–H groups in total. The van der Waals surface area contributed by atoms with E-state index < -0.39 is 6.10 Å². The monoisotopic (exact) mass is 287 g/mol. The van der Waals surface area contributed by atoms with Crippen molar-refractivity contribution >= 4 is 29.1 Å². The largest absolute Gasteiger partial charge is 0.479 e. The zero-order valence-corrected chi connectivity index (χ0v) is 11.6. The van der Waals surface area contributed by atoms with Crippen LogP contribution in [0.25, 0.3) is 0 Å². The number of rotatable bonds is 5. The summed E-state index contributed by atoms with van der Waals surface area (Å²) in [6.07, 6.45) is 1.82. The van der Waals surface area contributed by atoms with E-state index in [1.165, 1.54) is 12.8 Å². The molecule has 1 unspecified atom stereocenters. The van der Waals surface area contributed by atoms with Crippen molar-refractivity contribution in [1.82, 2.24) is 5.32 Å². The molecule has 0 radical (unpaired) electrons. The van der Waals surface area contributed by atoms with Crippen LogP contribution in [-0.2, 0) is 4.79 Å². The smallest absolute Gasteiger partial charge is 0.260 e. The maximum Gasteiger partial charge on any atom is 0.260 e. The zero-order valence-electron chi connectivity index (χ0n) is 10.1. The molecule has 1 aliphatic rings. The van der Waals surface area contributed by atoms with E-state index in [0.29, 0.717) is 21.7 Å². The van der Waals surface area contributed by atoms with Gasteiger partial charge in [-0.15, -0.1) is 0 Å². The van der Waals surface area contributed by atoms with E-state index >= 15 is 0 Å². The number of halogens is 2. The number of amides is 1. The van der Waals surface area contributed by atoms with E-state index in [0.717, 1.165) is 6.54 Å². The van der Waals surface area contributed by atoms with Gasteiger partial charge in [-0.05, 0) is 37.8 Å². The lowest BCUT2D eigenvalue weighted by Crippen LogP contribution is -2.37. The van der Waals surface area contributed by atoms with Crippen molar-refractivity contribution in [1.29, 1.82) is 0 Å². The van der Waals surface area contributed by atoms with Gasteiger partial charge in [0.15, 0.2) is 6.10 Å². The normalized spacial score (nSPS) is 16.2. The van der Waals surface area contributed by atoms with Crippen molar-refractivity contribution in [3.63, 3.8) is 0 Å². The third kappa shape index (κ3) is 3.53. The molecule has 1 fully saturated rings. The Bertz CT molecular complexity index is 447. The van der Waals surface area contributed by atoms with E-state index in [2.05, 4.69) is 5.32 Å². The van der Waals surface area contributed by atoms with Crippen LogP contribution in [0.3, 0.4) is 0 Å². The molecule has 98 valence electrons. The summed E-state index contributed by atoms with van der Waals surface area (Å²) in [7, 11) is 0. The maximum atomic E-state index is 11.8. The predicted octanol–water partition coefficient (Wildman–Crippen LogP) is 3.29. The summed E-state index contributed by atoms with van der Waals surface area (Å²) >= 11 is 11.9. The van der Waals surface area contributed by atoms with Crippen molar-refractivity contribution in [3.8, 4) is 5.75 Å². The molecule has 0 spiro atoms. The second-order valence-corrected chi connectivity index (χ2v) is 5.29. The van der Waals surface area contributed by atoms with E-state index in [9.17, 15) is 4.79 Å². The second-order valence-electron chi connectivity index (χ2n) is 4.50. The van der Waals surface area contributed by atoms with E-state index in [4.69, 9.17) is 27.9 Å². The van der Waals surface area contributed by atoms with E-state index in [1.807, 2.05) is 0 Å². The lowest BCUT2D eigenvalue weighted by molar-refractivity contribution is -0.127. The van der Waals surface area contributed by atoms with Gasteiger partial charge in [0.25, 0.3) is 5.91 Å². The van der Waals surface area contributed by atoms with Gasteiger partial charge < -0.3 is 10.1 Å². The first-order valence-electron chi connectivity index (χ1n) is 5.96. The fraction of sp³-hybridized carbons (Fsp3) is 0.462. The Morgan fingerprint density at radius 1 is 1.50 bits per heavy atom. The number of carbonyl (C=O) groups is 1. The third-order valence-corrected chi connectivity index (χ3v) is 3.65. The number of nitrogens with one attached hydrogen (secondary N) is 1. The van der Waals surface area contributed by atoms with Crippen LogP contribution in [0.5, 0.6) is 5.75 Å². The van der Waals surface area contributed by atoms with Gasteiger partial charge in [-0.3, -0.25) is 4.79 Å². The van der Waals surface area contributed by atoms with Crippen LogP contribution in [0, 0.1) is 5.92 Å². The summed E-state index contributed by atoms with van der Waals surface area (Å²) in [6.45, 7) is 2.43. The van der Waals surface area contributed by atoms with Crippen LogP contribution in [0.4, 0.5) is 0 Å². The molecule has 0 aliphatic heterocycles. The number of hydrogen-bond donors (Lipinski definition) is 1. The number of carbonyl (C=O) groups excluding carboxylic acids is 1. The van der Waals surface area contributed by atoms with Crippen molar-refractivity contribution in [3.05, 3.63) is 28.2 Å². The van der Waals surface area contributed by atoms with Gasteiger partial charge in [0.2, 0.25) is 0 Å². The summed E-state index contributed by atoms with van der Waals surface area (Å²) in [6, 6.07) is 5.10. The van der Waals surface area contributed by atoms with Gasteiger partial charge in [0, 0.05) is 6.54 Å². The summed E-state index contributed by atoms with van der Waals surface area (Å²) in [5, 5.41) is 3.61. The summed E-state index contributed by atoms with van der Waals surface area (Å²) in [5.41, 5.74) is 0. The Hall–Kier alpha value is -0.930. The summed E-state index contributed by atoms with van der Waals surface area (Å²) in [4.78, 5) is 11.8. The fourth-order valence-corrected chi connectivity index (χ4v) is 1.87. The predicted molar refractivity (Wildman–Crippen MR) is 72.3 cm³/mol. The van der Waals surface area contributed by atoms with Crippen LogP contribution >= 0.6 is 23.2 Å². The first-order valence-corrected chi connectivity index (χ1v) is 6.72. The van der Waals surface area contributed by atoms with Crippen molar-refractivity contribution in [2.75, 3.05) is 6.54 Å². The zero-order chi connectivity index (χ0) is 13.1. The standard InChI is InChI=1S/C13H15Cl2NO2/c1-8(13(17)16-7-9-5-6-9)18-11-4-2-3-10(14)12(11)15/h2-4,8-9H,5-7H2,1H3,(H,16,17). The molecule has 5 heteroatoms. The van der Waals surface area contributed by atoms with Crippen LogP contribution in [0.15, 0.2) is 18.2 Å². The van der Waals surface area contributed by atoms with E-state index in [-0.39, 0.29) is 5.91 Å². The molecule has 3 nitrogen and oxygen atoms in total. The molecule has 0 saturated heterocycles. The molecule has 1 aromatic carbocycles. The minimum absolute atomic E-state index is 0.127. The summed E-state index contributed by atoms with van der Waals surface area (Å²) < 4.78 is 5.51. The van der Waals surface area contributed by atoms with Crippen molar-refractivity contribution in [2.24, 2.45) is 5.92 Å². The van der Waals surface area contributed by atoms with Gasteiger partial charge in [-0.2, -0.15) is 0 Å². The molecule has 1 saturated carbocycles. The minimum atomic E-state index is -0.584. The molecular weight excluding hydrogens is 273 g/mol. The average Bonchev–Trinajstić information content (AvgIpc) is 3.16. The molecule has 1 amide bonds. The van der Waals surface area contributed by atoms with Crippen molar-refractivity contribution in [2.45, 2.75) is 25.9 Å². The topological polar surface area (TPSA) is 38.3 Å². The number of benzene rings is 1.